The van der Waals surface area contributed by atoms with Crippen LogP contribution in [0.25, 0.3) is 22.6 Å². The molecule has 10 heteroatoms. The third kappa shape index (κ3) is 3.43. The van der Waals surface area contributed by atoms with Crippen LogP contribution in [0.2, 0.25) is 0 Å². The minimum atomic E-state index is 0.0982. The Hall–Kier alpha value is -3.30. The first kappa shape index (κ1) is 20.6. The maximum absolute atomic E-state index is 8.43. The van der Waals surface area contributed by atoms with E-state index in [-0.39, 0.29) is 6.04 Å². The van der Waals surface area contributed by atoms with E-state index in [1.165, 1.54) is 0 Å². The van der Waals surface area contributed by atoms with Crippen LogP contribution < -0.4 is 5.32 Å². The minimum absolute atomic E-state index is 0.0982. The number of nitrogens with zero attached hydrogens (tertiary/aromatic N) is 7. The zero-order valence-electron chi connectivity index (χ0n) is 18.9. The molecule has 0 aromatic carbocycles. The molecule has 0 spiro atoms. The van der Waals surface area contributed by atoms with Crippen LogP contribution in [-0.4, -0.2) is 58.5 Å². The van der Waals surface area contributed by atoms with Crippen molar-refractivity contribution < 1.29 is 0 Å². The van der Waals surface area contributed by atoms with Gasteiger partial charge in [-0.3, -0.25) is 15.5 Å². The average molecular weight is 435 g/mol. The molecule has 0 amide bonds. The fourth-order valence-electron chi connectivity index (χ4n) is 4.53. The van der Waals surface area contributed by atoms with E-state index >= 15 is 0 Å². The van der Waals surface area contributed by atoms with E-state index in [9.17, 15) is 0 Å². The number of aryl methyl sites for hydroxylation is 2. The average Bonchev–Trinajstić information content (AvgIpc) is 3.48. The van der Waals surface area contributed by atoms with Gasteiger partial charge in [-0.1, -0.05) is 0 Å². The number of fused-ring (bicyclic) bond motifs is 1. The molecule has 2 fully saturated rings. The highest BCUT2D eigenvalue weighted by Crippen LogP contribution is 2.33. The molecule has 2 aliphatic rings. The summed E-state index contributed by atoms with van der Waals surface area (Å²) in [6.07, 6.45) is 7.09. The van der Waals surface area contributed by atoms with Gasteiger partial charge < -0.3 is 14.8 Å². The first-order valence-corrected chi connectivity index (χ1v) is 11.5. The number of amidine groups is 2. The monoisotopic (exact) mass is 434 g/mol. The lowest BCUT2D eigenvalue weighted by Gasteiger charge is -2.35. The molecule has 1 unspecified atom stereocenters. The van der Waals surface area contributed by atoms with Crippen LogP contribution >= 0.6 is 0 Å². The van der Waals surface area contributed by atoms with Gasteiger partial charge in [0.25, 0.3) is 0 Å². The number of rotatable bonds is 6. The van der Waals surface area contributed by atoms with E-state index in [4.69, 9.17) is 15.8 Å². The molecule has 1 saturated carbocycles. The van der Waals surface area contributed by atoms with Gasteiger partial charge in [-0.2, -0.15) is 5.10 Å². The summed E-state index contributed by atoms with van der Waals surface area (Å²) >= 11 is 0. The second kappa shape index (κ2) is 7.99. The second-order valence-electron chi connectivity index (χ2n) is 8.63. The van der Waals surface area contributed by atoms with Crippen molar-refractivity contribution in [3.63, 3.8) is 0 Å². The van der Waals surface area contributed by atoms with Crippen molar-refractivity contribution in [1.29, 1.82) is 10.8 Å². The number of hydrogen-bond acceptors (Lipinski definition) is 7. The van der Waals surface area contributed by atoms with Crippen LogP contribution in [-0.2, 0) is 13.1 Å². The molecule has 3 aromatic rings. The summed E-state index contributed by atoms with van der Waals surface area (Å²) in [7, 11) is 0. The molecule has 10 nitrogen and oxygen atoms in total. The van der Waals surface area contributed by atoms with E-state index in [1.807, 2.05) is 15.8 Å². The maximum atomic E-state index is 8.43. The van der Waals surface area contributed by atoms with E-state index in [0.29, 0.717) is 36.4 Å². The molecule has 5 rings (SSSR count). The molecule has 3 N–H and O–H groups in total. The molecule has 1 atom stereocenters. The summed E-state index contributed by atoms with van der Waals surface area (Å²) in [4.78, 5) is 15.9. The summed E-state index contributed by atoms with van der Waals surface area (Å²) in [6, 6.07) is 0.0982. The normalized spacial score (nSPS) is 19.0. The molecule has 168 valence electrons. The maximum Gasteiger partial charge on any atom is 0.165 e. The molecular weight excluding hydrogens is 404 g/mol. The van der Waals surface area contributed by atoms with Gasteiger partial charge in [0, 0.05) is 43.7 Å². The number of hydrogen-bond donors (Lipinski definition) is 3. The standard InChI is InChI=1S/C22H30N10/c1-4-30-21(16-10-27-32(5-2)13(16)3)29-18-20(25-12-26-22(18)30)28-15-8-9-17(23)31(11-15)19(24)14-6-7-14/h10,12,14-15,23-24H,4-9,11H2,1-3H3,(H,25,26,28). The summed E-state index contributed by atoms with van der Waals surface area (Å²) in [6.45, 7) is 8.41. The highest BCUT2D eigenvalue weighted by molar-refractivity contribution is 6.00. The quantitative estimate of drug-likeness (QED) is 0.404. The molecule has 0 radical (unpaired) electrons. The summed E-state index contributed by atoms with van der Waals surface area (Å²) in [5.41, 5.74) is 3.64. The molecule has 3 aromatic heterocycles. The first-order valence-electron chi connectivity index (χ1n) is 11.5. The smallest absolute Gasteiger partial charge is 0.165 e. The van der Waals surface area contributed by atoms with Crippen molar-refractivity contribution in [3.05, 3.63) is 18.2 Å². The predicted molar refractivity (Wildman–Crippen MR) is 124 cm³/mol. The van der Waals surface area contributed by atoms with Gasteiger partial charge in [0.1, 0.15) is 23.8 Å². The molecule has 0 bridgehead atoms. The number of piperidine rings is 1. The van der Waals surface area contributed by atoms with Crippen molar-refractivity contribution in [2.24, 2.45) is 5.92 Å². The molecule has 4 heterocycles. The number of likely N-dealkylation sites (tertiary alicyclic amines) is 1. The van der Waals surface area contributed by atoms with Gasteiger partial charge in [0.2, 0.25) is 0 Å². The Labute approximate surface area is 187 Å². The topological polar surface area (TPSA) is 124 Å². The van der Waals surface area contributed by atoms with Gasteiger partial charge in [-0.25, -0.2) is 15.0 Å². The minimum Gasteiger partial charge on any atom is -0.364 e. The molecule has 1 aliphatic carbocycles. The fourth-order valence-corrected chi connectivity index (χ4v) is 4.53. The van der Waals surface area contributed by atoms with Crippen LogP contribution in [0.15, 0.2) is 12.5 Å². The third-order valence-electron chi connectivity index (χ3n) is 6.55. The predicted octanol–water partition coefficient (Wildman–Crippen LogP) is 3.28. The Morgan fingerprint density at radius 3 is 2.69 bits per heavy atom. The van der Waals surface area contributed by atoms with Gasteiger partial charge in [-0.05, 0) is 40.0 Å². The lowest BCUT2D eigenvalue weighted by atomic mass is 10.0. The highest BCUT2D eigenvalue weighted by Gasteiger charge is 2.35. The number of nitrogens with one attached hydrogen (secondary N) is 3. The molecule has 1 aliphatic heterocycles. The zero-order chi connectivity index (χ0) is 22.4. The molecule has 32 heavy (non-hydrogen) atoms. The van der Waals surface area contributed by atoms with E-state index in [1.54, 1.807) is 6.33 Å². The van der Waals surface area contributed by atoms with Gasteiger partial charge in [0.15, 0.2) is 17.0 Å². The Morgan fingerprint density at radius 2 is 2.00 bits per heavy atom. The summed E-state index contributed by atoms with van der Waals surface area (Å²) < 4.78 is 4.08. The lowest BCUT2D eigenvalue weighted by molar-refractivity contribution is 0.453. The fraction of sp³-hybridized carbons (Fsp3) is 0.545. The van der Waals surface area contributed by atoms with Crippen molar-refractivity contribution in [2.45, 2.75) is 65.6 Å². The van der Waals surface area contributed by atoms with Gasteiger partial charge in [0.05, 0.1) is 11.8 Å². The van der Waals surface area contributed by atoms with Crippen LogP contribution in [0.3, 0.4) is 0 Å². The van der Waals surface area contributed by atoms with E-state index in [0.717, 1.165) is 60.6 Å². The molecule has 1 saturated heterocycles. The van der Waals surface area contributed by atoms with E-state index in [2.05, 4.69) is 45.7 Å². The van der Waals surface area contributed by atoms with Crippen molar-refractivity contribution in [1.82, 2.24) is 34.2 Å². The van der Waals surface area contributed by atoms with Crippen molar-refractivity contribution in [3.8, 4) is 11.4 Å². The Kier molecular flexibility index (Phi) is 5.15. The number of imidazole rings is 1. The van der Waals surface area contributed by atoms with E-state index < -0.39 is 0 Å². The molecular formula is C22H30N10. The SMILES string of the molecule is CCn1ncc(-c2nc3c(NC4CCC(=N)N(C(=N)C5CC5)C4)ncnc3n2CC)c1C. The summed E-state index contributed by atoms with van der Waals surface area (Å²) in [5.74, 6) is 3.03. The first-order chi connectivity index (χ1) is 15.5. The lowest BCUT2D eigenvalue weighted by Crippen LogP contribution is -2.48. The van der Waals surface area contributed by atoms with Crippen molar-refractivity contribution >= 4 is 28.7 Å². The van der Waals surface area contributed by atoms with Gasteiger partial charge >= 0.3 is 0 Å². The Bertz CT molecular complexity index is 1190. The second-order valence-corrected chi connectivity index (χ2v) is 8.63. The zero-order valence-corrected chi connectivity index (χ0v) is 18.9. The van der Waals surface area contributed by atoms with Crippen LogP contribution in [0.5, 0.6) is 0 Å². The third-order valence-corrected chi connectivity index (χ3v) is 6.55. The highest BCUT2D eigenvalue weighted by atomic mass is 15.3. The Morgan fingerprint density at radius 1 is 1.19 bits per heavy atom. The number of aromatic nitrogens is 6. The summed E-state index contributed by atoms with van der Waals surface area (Å²) in [5, 5.41) is 24.8. The van der Waals surface area contributed by atoms with Crippen LogP contribution in [0, 0.1) is 23.7 Å². The Balaban J connectivity index is 1.47. The van der Waals surface area contributed by atoms with Crippen LogP contribution in [0.4, 0.5) is 5.82 Å². The number of anilines is 1. The largest absolute Gasteiger partial charge is 0.364 e. The van der Waals surface area contributed by atoms with Gasteiger partial charge in [-0.15, -0.1) is 0 Å². The van der Waals surface area contributed by atoms with Crippen molar-refractivity contribution in [2.75, 3.05) is 11.9 Å². The van der Waals surface area contributed by atoms with Crippen LogP contribution in [0.1, 0.15) is 45.2 Å².